The Kier molecular flexibility index (Phi) is 4.10. The van der Waals surface area contributed by atoms with Crippen LogP contribution >= 0.6 is 0 Å². The van der Waals surface area contributed by atoms with Gasteiger partial charge in [-0.05, 0) is 25.1 Å². The van der Waals surface area contributed by atoms with E-state index in [9.17, 15) is 18.0 Å². The average Bonchev–Trinajstić information content (AvgIpc) is 3.05. The Hall–Kier alpha value is -2.58. The molecule has 21 heavy (non-hydrogen) atoms. The molecule has 0 saturated carbocycles. The summed E-state index contributed by atoms with van der Waals surface area (Å²) in [6, 6.07) is 4.12. The van der Waals surface area contributed by atoms with Gasteiger partial charge in [-0.2, -0.15) is 23.4 Å². The lowest BCUT2D eigenvalue weighted by Gasteiger charge is -2.03. The highest BCUT2D eigenvalue weighted by atomic mass is 19.4. The third kappa shape index (κ3) is 3.94. The molecule has 0 aliphatic rings. The van der Waals surface area contributed by atoms with Gasteiger partial charge in [0.2, 0.25) is 0 Å². The van der Waals surface area contributed by atoms with Gasteiger partial charge in [0.1, 0.15) is 18.0 Å². The third-order valence-electron chi connectivity index (χ3n) is 2.46. The summed E-state index contributed by atoms with van der Waals surface area (Å²) in [7, 11) is 0. The van der Waals surface area contributed by atoms with E-state index < -0.39 is 17.8 Å². The van der Waals surface area contributed by atoms with Crippen LogP contribution in [0.5, 0.6) is 0 Å². The van der Waals surface area contributed by atoms with Crippen molar-refractivity contribution >= 4 is 11.6 Å². The Morgan fingerprint density at radius 2 is 2.24 bits per heavy atom. The quantitative estimate of drug-likeness (QED) is 0.693. The Morgan fingerprint density at radius 3 is 2.81 bits per heavy atom. The molecular formula is C12H11F3N4O2. The van der Waals surface area contributed by atoms with Crippen molar-refractivity contribution in [3.8, 4) is 0 Å². The average molecular weight is 300 g/mol. The summed E-state index contributed by atoms with van der Waals surface area (Å²) < 4.78 is 43.0. The SMILES string of the molecule is CC(=NNC(=O)Cn1ccc(C(F)(F)F)n1)c1ccco1. The molecule has 0 atom stereocenters. The maximum atomic E-state index is 12.3. The van der Waals surface area contributed by atoms with Gasteiger partial charge in [0.05, 0.1) is 6.26 Å². The maximum Gasteiger partial charge on any atom is 0.435 e. The molecule has 0 radical (unpaired) electrons. The molecule has 0 saturated heterocycles. The minimum Gasteiger partial charge on any atom is -0.463 e. The Bertz CT molecular complexity index is 644. The van der Waals surface area contributed by atoms with Gasteiger partial charge in [0.15, 0.2) is 5.69 Å². The number of carbonyl (C=O) groups excluding carboxylic acids is 1. The maximum absolute atomic E-state index is 12.3. The Balaban J connectivity index is 1.93. The van der Waals surface area contributed by atoms with Crippen molar-refractivity contribution in [2.24, 2.45) is 5.10 Å². The first-order valence-corrected chi connectivity index (χ1v) is 5.84. The van der Waals surface area contributed by atoms with Crippen molar-refractivity contribution in [3.63, 3.8) is 0 Å². The molecular weight excluding hydrogens is 289 g/mol. The molecule has 0 unspecified atom stereocenters. The van der Waals surface area contributed by atoms with Crippen LogP contribution in [0.25, 0.3) is 0 Å². The van der Waals surface area contributed by atoms with Crippen LogP contribution in [0.2, 0.25) is 0 Å². The zero-order chi connectivity index (χ0) is 15.5. The normalized spacial score (nSPS) is 12.5. The molecule has 1 N–H and O–H groups in total. The highest BCUT2D eigenvalue weighted by molar-refractivity contribution is 5.96. The van der Waals surface area contributed by atoms with E-state index in [0.29, 0.717) is 11.5 Å². The number of furan rings is 1. The van der Waals surface area contributed by atoms with Gasteiger partial charge in [-0.3, -0.25) is 9.48 Å². The molecule has 0 aromatic carbocycles. The number of rotatable bonds is 4. The summed E-state index contributed by atoms with van der Waals surface area (Å²) in [6.07, 6.45) is -2.00. The number of halogens is 3. The Morgan fingerprint density at radius 1 is 1.48 bits per heavy atom. The monoisotopic (exact) mass is 300 g/mol. The fourth-order valence-corrected chi connectivity index (χ4v) is 1.47. The smallest absolute Gasteiger partial charge is 0.435 e. The second-order valence-corrected chi connectivity index (χ2v) is 4.11. The summed E-state index contributed by atoms with van der Waals surface area (Å²) in [5, 5.41) is 7.04. The first-order chi connectivity index (χ1) is 9.86. The third-order valence-corrected chi connectivity index (χ3v) is 2.46. The van der Waals surface area contributed by atoms with Crippen molar-refractivity contribution in [1.29, 1.82) is 0 Å². The number of amides is 1. The first-order valence-electron chi connectivity index (χ1n) is 5.84. The van der Waals surface area contributed by atoms with Crippen LogP contribution in [0, 0.1) is 0 Å². The minimum absolute atomic E-state index is 0.370. The number of hydrogen-bond donors (Lipinski definition) is 1. The zero-order valence-corrected chi connectivity index (χ0v) is 10.9. The van der Waals surface area contributed by atoms with Gasteiger partial charge in [0, 0.05) is 6.20 Å². The van der Waals surface area contributed by atoms with E-state index in [-0.39, 0.29) is 6.54 Å². The molecule has 0 aliphatic heterocycles. The van der Waals surface area contributed by atoms with Crippen molar-refractivity contribution in [3.05, 3.63) is 42.1 Å². The molecule has 0 bridgehead atoms. The number of nitrogens with zero attached hydrogens (tertiary/aromatic N) is 3. The second kappa shape index (κ2) is 5.81. The lowest BCUT2D eigenvalue weighted by Crippen LogP contribution is -2.24. The lowest BCUT2D eigenvalue weighted by atomic mass is 10.3. The summed E-state index contributed by atoms with van der Waals surface area (Å²) in [4.78, 5) is 11.6. The largest absolute Gasteiger partial charge is 0.463 e. The van der Waals surface area contributed by atoms with Crippen LogP contribution < -0.4 is 5.43 Å². The molecule has 2 aromatic rings. The molecule has 1 amide bonds. The van der Waals surface area contributed by atoms with Crippen LogP contribution in [-0.2, 0) is 17.5 Å². The van der Waals surface area contributed by atoms with E-state index in [4.69, 9.17) is 4.42 Å². The molecule has 2 heterocycles. The van der Waals surface area contributed by atoms with Crippen LogP contribution in [0.1, 0.15) is 18.4 Å². The number of hydrogen-bond acceptors (Lipinski definition) is 4. The molecule has 0 fully saturated rings. The predicted octanol–water partition coefficient (Wildman–Crippen LogP) is 2.04. The van der Waals surface area contributed by atoms with Crippen LogP contribution in [0.15, 0.2) is 40.2 Å². The number of alkyl halides is 3. The van der Waals surface area contributed by atoms with Gasteiger partial charge in [-0.1, -0.05) is 0 Å². The first kappa shape index (κ1) is 14.8. The van der Waals surface area contributed by atoms with E-state index in [2.05, 4.69) is 15.6 Å². The van der Waals surface area contributed by atoms with Gasteiger partial charge >= 0.3 is 6.18 Å². The van der Waals surface area contributed by atoms with E-state index >= 15 is 0 Å². The molecule has 6 nitrogen and oxygen atoms in total. The fourth-order valence-electron chi connectivity index (χ4n) is 1.47. The highest BCUT2D eigenvalue weighted by Gasteiger charge is 2.33. The van der Waals surface area contributed by atoms with Gasteiger partial charge in [-0.15, -0.1) is 0 Å². The number of carbonyl (C=O) groups is 1. The molecule has 9 heteroatoms. The summed E-state index contributed by atoms with van der Waals surface area (Å²) in [5.41, 5.74) is 1.60. The zero-order valence-electron chi connectivity index (χ0n) is 10.9. The standard InChI is InChI=1S/C12H11F3N4O2/c1-8(9-3-2-6-21-9)16-17-11(20)7-19-5-4-10(18-19)12(13,14)15/h2-6H,7H2,1H3,(H,17,20). The van der Waals surface area contributed by atoms with E-state index in [0.717, 1.165) is 16.9 Å². The number of hydrazone groups is 1. The highest BCUT2D eigenvalue weighted by Crippen LogP contribution is 2.27. The predicted molar refractivity (Wildman–Crippen MR) is 66.3 cm³/mol. The Labute approximate surface area is 117 Å². The van der Waals surface area contributed by atoms with Gasteiger partial charge < -0.3 is 4.42 Å². The molecule has 2 rings (SSSR count). The van der Waals surface area contributed by atoms with Gasteiger partial charge in [0.25, 0.3) is 5.91 Å². The van der Waals surface area contributed by atoms with E-state index in [1.165, 1.54) is 6.26 Å². The summed E-state index contributed by atoms with van der Waals surface area (Å²) in [6.45, 7) is 1.25. The summed E-state index contributed by atoms with van der Waals surface area (Å²) in [5.74, 6) is -0.119. The van der Waals surface area contributed by atoms with E-state index in [1.54, 1.807) is 19.1 Å². The molecule has 0 spiro atoms. The van der Waals surface area contributed by atoms with Crippen LogP contribution in [0.4, 0.5) is 13.2 Å². The van der Waals surface area contributed by atoms with Crippen molar-refractivity contribution in [1.82, 2.24) is 15.2 Å². The van der Waals surface area contributed by atoms with E-state index in [1.807, 2.05) is 0 Å². The van der Waals surface area contributed by atoms with Crippen molar-refractivity contribution < 1.29 is 22.4 Å². The van der Waals surface area contributed by atoms with Crippen molar-refractivity contribution in [2.45, 2.75) is 19.6 Å². The van der Waals surface area contributed by atoms with Gasteiger partial charge in [-0.25, -0.2) is 5.43 Å². The minimum atomic E-state index is -4.53. The number of nitrogens with one attached hydrogen (secondary N) is 1. The topological polar surface area (TPSA) is 72.4 Å². The molecule has 0 aliphatic carbocycles. The second-order valence-electron chi connectivity index (χ2n) is 4.11. The van der Waals surface area contributed by atoms with Crippen LogP contribution in [0.3, 0.4) is 0 Å². The lowest BCUT2D eigenvalue weighted by molar-refractivity contribution is -0.141. The van der Waals surface area contributed by atoms with Crippen molar-refractivity contribution in [2.75, 3.05) is 0 Å². The number of aromatic nitrogens is 2. The molecule has 2 aromatic heterocycles. The summed E-state index contributed by atoms with van der Waals surface area (Å²) >= 11 is 0. The van der Waals surface area contributed by atoms with Crippen LogP contribution in [-0.4, -0.2) is 21.4 Å². The fraction of sp³-hybridized carbons (Fsp3) is 0.250. The molecule has 112 valence electrons.